The fraction of sp³-hybridized carbons (Fsp3) is 0.188. The summed E-state index contributed by atoms with van der Waals surface area (Å²) in [6.45, 7) is 0.0483. The minimum atomic E-state index is -0.897. The van der Waals surface area contributed by atoms with E-state index in [9.17, 15) is 9.90 Å². The summed E-state index contributed by atoms with van der Waals surface area (Å²) in [5.74, 6) is 0.292. The van der Waals surface area contributed by atoms with Crippen molar-refractivity contribution < 1.29 is 14.6 Å². The summed E-state index contributed by atoms with van der Waals surface area (Å²) in [6.07, 6.45) is -0.897. The fourth-order valence-electron chi connectivity index (χ4n) is 1.94. The van der Waals surface area contributed by atoms with Gasteiger partial charge in [0, 0.05) is 22.2 Å². The quantitative estimate of drug-likeness (QED) is 0.876. The van der Waals surface area contributed by atoms with E-state index in [4.69, 9.17) is 27.9 Å². The predicted octanol–water partition coefficient (Wildman–Crippen LogP) is 3.47. The number of halogens is 2. The second kappa shape index (κ2) is 7.49. The molecule has 1 amide bonds. The lowest BCUT2D eigenvalue weighted by Crippen LogP contribution is -2.28. The Balaban J connectivity index is 2.00. The minimum absolute atomic E-state index is 0.0483. The van der Waals surface area contributed by atoms with Crippen molar-refractivity contribution in [3.63, 3.8) is 0 Å². The summed E-state index contributed by atoms with van der Waals surface area (Å²) in [5.41, 5.74) is 0.999. The smallest absolute Gasteiger partial charge is 0.251 e. The molecule has 0 aliphatic carbocycles. The van der Waals surface area contributed by atoms with Crippen LogP contribution in [0.4, 0.5) is 0 Å². The van der Waals surface area contributed by atoms with Gasteiger partial charge in [-0.2, -0.15) is 0 Å². The highest BCUT2D eigenvalue weighted by Gasteiger charge is 2.12. The molecule has 4 nitrogen and oxygen atoms in total. The van der Waals surface area contributed by atoms with Gasteiger partial charge in [-0.05, 0) is 42.0 Å². The first-order chi connectivity index (χ1) is 10.5. The third-order valence-electron chi connectivity index (χ3n) is 3.06. The third kappa shape index (κ3) is 4.37. The highest BCUT2D eigenvalue weighted by atomic mass is 35.5. The van der Waals surface area contributed by atoms with E-state index in [2.05, 4.69) is 5.32 Å². The topological polar surface area (TPSA) is 58.6 Å². The number of aliphatic hydroxyl groups excluding tert-OH is 1. The van der Waals surface area contributed by atoms with Gasteiger partial charge >= 0.3 is 0 Å². The number of nitrogens with one attached hydrogen (secondary N) is 1. The summed E-state index contributed by atoms with van der Waals surface area (Å²) >= 11 is 11.8. The van der Waals surface area contributed by atoms with Crippen LogP contribution in [0.2, 0.25) is 10.0 Å². The van der Waals surface area contributed by atoms with Crippen molar-refractivity contribution >= 4 is 29.1 Å². The largest absolute Gasteiger partial charge is 0.497 e. The van der Waals surface area contributed by atoms with Gasteiger partial charge in [0.15, 0.2) is 0 Å². The van der Waals surface area contributed by atoms with E-state index in [1.807, 2.05) is 0 Å². The number of amides is 1. The molecule has 1 unspecified atom stereocenters. The standard InChI is InChI=1S/C16H15Cl2NO3/c1-22-14-4-2-3-10(7-14)16(21)19-9-15(20)11-5-12(17)8-13(18)6-11/h2-8,15,20H,9H2,1H3,(H,19,21). The lowest BCUT2D eigenvalue weighted by Gasteiger charge is -2.13. The summed E-state index contributed by atoms with van der Waals surface area (Å²) in [6, 6.07) is 11.6. The van der Waals surface area contributed by atoms with Crippen LogP contribution in [0.25, 0.3) is 0 Å². The normalized spacial score (nSPS) is 11.8. The van der Waals surface area contributed by atoms with Crippen LogP contribution in [-0.4, -0.2) is 24.7 Å². The average Bonchev–Trinajstić information content (AvgIpc) is 2.51. The maximum Gasteiger partial charge on any atom is 0.251 e. The van der Waals surface area contributed by atoms with E-state index in [1.165, 1.54) is 7.11 Å². The lowest BCUT2D eigenvalue weighted by atomic mass is 10.1. The highest BCUT2D eigenvalue weighted by molar-refractivity contribution is 6.34. The number of ether oxygens (including phenoxy) is 1. The Morgan fingerprint density at radius 1 is 1.23 bits per heavy atom. The molecule has 2 aromatic carbocycles. The molecule has 2 aromatic rings. The van der Waals surface area contributed by atoms with Crippen molar-refractivity contribution in [3.8, 4) is 5.75 Å². The summed E-state index contributed by atoms with van der Waals surface area (Å²) in [4.78, 5) is 12.1. The Hall–Kier alpha value is -1.75. The van der Waals surface area contributed by atoms with E-state index in [-0.39, 0.29) is 12.5 Å². The molecular formula is C16H15Cl2NO3. The average molecular weight is 340 g/mol. The Bertz CT molecular complexity index is 656. The molecule has 0 bridgehead atoms. The Kier molecular flexibility index (Phi) is 5.66. The molecule has 6 heteroatoms. The van der Waals surface area contributed by atoms with Crippen LogP contribution in [0.3, 0.4) is 0 Å². The maximum atomic E-state index is 12.1. The van der Waals surface area contributed by atoms with Gasteiger partial charge in [0.05, 0.1) is 13.2 Å². The molecule has 0 aliphatic heterocycles. The number of hydrogen-bond acceptors (Lipinski definition) is 3. The van der Waals surface area contributed by atoms with Crippen molar-refractivity contribution in [3.05, 3.63) is 63.6 Å². The SMILES string of the molecule is COc1cccc(C(=O)NCC(O)c2cc(Cl)cc(Cl)c2)c1. The zero-order valence-corrected chi connectivity index (χ0v) is 13.4. The second-order valence-electron chi connectivity index (χ2n) is 4.66. The van der Waals surface area contributed by atoms with Gasteiger partial charge in [-0.3, -0.25) is 4.79 Å². The van der Waals surface area contributed by atoms with Gasteiger partial charge in [-0.1, -0.05) is 29.3 Å². The molecule has 0 radical (unpaired) electrons. The highest BCUT2D eigenvalue weighted by Crippen LogP contribution is 2.23. The molecule has 0 aromatic heterocycles. The van der Waals surface area contributed by atoms with Crippen LogP contribution >= 0.6 is 23.2 Å². The monoisotopic (exact) mass is 339 g/mol. The Morgan fingerprint density at radius 2 is 1.91 bits per heavy atom. The zero-order valence-electron chi connectivity index (χ0n) is 11.8. The number of carbonyl (C=O) groups is 1. The molecule has 2 N–H and O–H groups in total. The molecule has 2 rings (SSSR count). The fourth-order valence-corrected chi connectivity index (χ4v) is 2.48. The van der Waals surface area contributed by atoms with Crippen LogP contribution < -0.4 is 10.1 Å². The van der Waals surface area contributed by atoms with Gasteiger partial charge in [-0.25, -0.2) is 0 Å². The zero-order chi connectivity index (χ0) is 16.1. The van der Waals surface area contributed by atoms with Crippen molar-refractivity contribution in [1.82, 2.24) is 5.32 Å². The molecular weight excluding hydrogens is 325 g/mol. The number of carbonyl (C=O) groups excluding carboxylic acids is 1. The van der Waals surface area contributed by atoms with Crippen LogP contribution in [-0.2, 0) is 0 Å². The minimum Gasteiger partial charge on any atom is -0.497 e. The van der Waals surface area contributed by atoms with Gasteiger partial charge in [-0.15, -0.1) is 0 Å². The number of rotatable bonds is 5. The van der Waals surface area contributed by atoms with Crippen LogP contribution in [0.5, 0.6) is 5.75 Å². The van der Waals surface area contributed by atoms with Crippen molar-refractivity contribution in [2.75, 3.05) is 13.7 Å². The molecule has 22 heavy (non-hydrogen) atoms. The van der Waals surface area contributed by atoms with E-state index in [0.29, 0.717) is 26.9 Å². The molecule has 116 valence electrons. The van der Waals surface area contributed by atoms with Crippen molar-refractivity contribution in [1.29, 1.82) is 0 Å². The predicted molar refractivity (Wildman–Crippen MR) is 86.7 cm³/mol. The number of aliphatic hydroxyl groups is 1. The molecule has 0 saturated carbocycles. The first-order valence-corrected chi connectivity index (χ1v) is 7.31. The number of benzene rings is 2. The van der Waals surface area contributed by atoms with E-state index in [1.54, 1.807) is 42.5 Å². The molecule has 0 heterocycles. The first kappa shape index (κ1) is 16.6. The Labute approximate surface area is 138 Å². The van der Waals surface area contributed by atoms with Gasteiger partial charge in [0.25, 0.3) is 5.91 Å². The first-order valence-electron chi connectivity index (χ1n) is 6.56. The number of hydrogen-bond donors (Lipinski definition) is 2. The molecule has 0 saturated heterocycles. The summed E-state index contributed by atoms with van der Waals surface area (Å²) in [7, 11) is 1.53. The van der Waals surface area contributed by atoms with Gasteiger partial charge < -0.3 is 15.2 Å². The maximum absolute atomic E-state index is 12.1. The third-order valence-corrected chi connectivity index (χ3v) is 3.49. The lowest BCUT2D eigenvalue weighted by molar-refractivity contribution is 0.0916. The van der Waals surface area contributed by atoms with Gasteiger partial charge in [0.1, 0.15) is 5.75 Å². The molecule has 0 fully saturated rings. The van der Waals surface area contributed by atoms with Crippen LogP contribution in [0, 0.1) is 0 Å². The van der Waals surface area contributed by atoms with Crippen molar-refractivity contribution in [2.45, 2.75) is 6.10 Å². The second-order valence-corrected chi connectivity index (χ2v) is 5.53. The molecule has 0 aliphatic rings. The summed E-state index contributed by atoms with van der Waals surface area (Å²) < 4.78 is 5.07. The Morgan fingerprint density at radius 3 is 2.55 bits per heavy atom. The van der Waals surface area contributed by atoms with Gasteiger partial charge in [0.2, 0.25) is 0 Å². The van der Waals surface area contributed by atoms with E-state index >= 15 is 0 Å². The summed E-state index contributed by atoms with van der Waals surface area (Å²) in [5, 5.41) is 13.6. The van der Waals surface area contributed by atoms with Crippen molar-refractivity contribution in [2.24, 2.45) is 0 Å². The van der Waals surface area contributed by atoms with Crippen LogP contribution in [0.1, 0.15) is 22.0 Å². The molecule has 1 atom stereocenters. The van der Waals surface area contributed by atoms with E-state index < -0.39 is 6.10 Å². The molecule has 0 spiro atoms. The van der Waals surface area contributed by atoms with E-state index in [0.717, 1.165) is 0 Å². The van der Waals surface area contributed by atoms with Crippen LogP contribution in [0.15, 0.2) is 42.5 Å². The number of methoxy groups -OCH3 is 1.